The first-order chi connectivity index (χ1) is 6.74. The van der Waals surface area contributed by atoms with Crippen molar-refractivity contribution in [1.82, 2.24) is 0 Å². The molecular weight excluding hydrogens is 174 g/mol. The van der Waals surface area contributed by atoms with Gasteiger partial charge in [0.25, 0.3) is 0 Å². The van der Waals surface area contributed by atoms with Crippen molar-refractivity contribution in [2.24, 2.45) is 5.73 Å². The summed E-state index contributed by atoms with van der Waals surface area (Å²) in [5.41, 5.74) is 6.83. The van der Waals surface area contributed by atoms with Gasteiger partial charge in [0, 0.05) is 6.04 Å². The number of hydrogen-bond acceptors (Lipinski definition) is 2. The summed E-state index contributed by atoms with van der Waals surface area (Å²) in [6.45, 7) is 4.17. The molecule has 0 bridgehead atoms. The molecule has 0 unspecified atom stereocenters. The fourth-order valence-corrected chi connectivity index (χ4v) is 1.08. The smallest absolute Gasteiger partial charge is 0.149 e. The zero-order valence-corrected chi connectivity index (χ0v) is 8.58. The molecule has 1 atom stereocenters. The highest BCUT2D eigenvalue weighted by molar-refractivity contribution is 5.30. The van der Waals surface area contributed by atoms with Gasteiger partial charge in [-0.05, 0) is 31.5 Å². The third-order valence-corrected chi connectivity index (χ3v) is 1.87. The minimum atomic E-state index is 0.0378. The van der Waals surface area contributed by atoms with Gasteiger partial charge in [0.05, 0.1) is 0 Å². The lowest BCUT2D eigenvalue weighted by Gasteiger charge is -2.07. The van der Waals surface area contributed by atoms with Crippen LogP contribution in [-0.2, 0) is 0 Å². The minimum absolute atomic E-state index is 0.0378. The van der Waals surface area contributed by atoms with Gasteiger partial charge in [-0.25, -0.2) is 0 Å². The number of ether oxygens (including phenoxy) is 1. The Bertz CT molecular complexity index is 347. The van der Waals surface area contributed by atoms with Crippen LogP contribution in [0.15, 0.2) is 24.3 Å². The van der Waals surface area contributed by atoms with Gasteiger partial charge in [0.1, 0.15) is 12.4 Å². The lowest BCUT2D eigenvalue weighted by atomic mass is 10.1. The van der Waals surface area contributed by atoms with Gasteiger partial charge in [-0.15, -0.1) is 5.92 Å². The number of nitrogens with two attached hydrogens (primary N) is 1. The molecule has 0 heterocycles. The monoisotopic (exact) mass is 189 g/mol. The van der Waals surface area contributed by atoms with E-state index in [9.17, 15) is 0 Å². The molecule has 2 nitrogen and oxygen atoms in total. The highest BCUT2D eigenvalue weighted by atomic mass is 16.5. The Kier molecular flexibility index (Phi) is 4.03. The zero-order valence-electron chi connectivity index (χ0n) is 8.58. The maximum atomic E-state index is 5.75. The van der Waals surface area contributed by atoms with Crippen LogP contribution in [0.25, 0.3) is 0 Å². The molecule has 1 aromatic carbocycles. The van der Waals surface area contributed by atoms with Gasteiger partial charge >= 0.3 is 0 Å². The van der Waals surface area contributed by atoms with Crippen LogP contribution in [0.2, 0.25) is 0 Å². The van der Waals surface area contributed by atoms with Crippen LogP contribution in [-0.4, -0.2) is 6.61 Å². The van der Waals surface area contributed by atoms with Gasteiger partial charge in [-0.1, -0.05) is 18.1 Å². The summed E-state index contributed by atoms with van der Waals surface area (Å²) in [4.78, 5) is 0. The van der Waals surface area contributed by atoms with E-state index in [4.69, 9.17) is 10.5 Å². The SMILES string of the molecule is CC#CCOc1cccc([C@@H](C)N)c1. The molecule has 0 amide bonds. The fourth-order valence-electron chi connectivity index (χ4n) is 1.08. The molecule has 0 radical (unpaired) electrons. The van der Waals surface area contributed by atoms with Crippen LogP contribution in [0.3, 0.4) is 0 Å². The number of rotatable bonds is 3. The van der Waals surface area contributed by atoms with Crippen LogP contribution in [0, 0.1) is 11.8 Å². The predicted octanol–water partition coefficient (Wildman–Crippen LogP) is 2.11. The number of hydrogen-bond donors (Lipinski definition) is 1. The maximum Gasteiger partial charge on any atom is 0.149 e. The summed E-state index contributed by atoms with van der Waals surface area (Å²) in [7, 11) is 0. The van der Waals surface area contributed by atoms with Crippen molar-refractivity contribution in [1.29, 1.82) is 0 Å². The molecular formula is C12H15NO. The standard InChI is InChI=1S/C12H15NO/c1-3-4-8-14-12-7-5-6-11(9-12)10(2)13/h5-7,9-10H,8,13H2,1-2H3/t10-/m1/s1. The van der Waals surface area contributed by atoms with Crippen molar-refractivity contribution >= 4 is 0 Å². The van der Waals surface area contributed by atoms with Gasteiger partial charge < -0.3 is 10.5 Å². The Morgan fingerprint density at radius 2 is 2.29 bits per heavy atom. The Morgan fingerprint density at radius 1 is 1.50 bits per heavy atom. The second-order valence-electron chi connectivity index (χ2n) is 3.08. The van der Waals surface area contributed by atoms with E-state index in [0.717, 1.165) is 11.3 Å². The normalized spacial score (nSPS) is 11.4. The average molecular weight is 189 g/mol. The topological polar surface area (TPSA) is 35.2 Å². The molecule has 0 aliphatic rings. The minimum Gasteiger partial charge on any atom is -0.481 e. The molecule has 0 saturated carbocycles. The van der Waals surface area contributed by atoms with Crippen molar-refractivity contribution < 1.29 is 4.74 Å². The van der Waals surface area contributed by atoms with Crippen LogP contribution in [0.1, 0.15) is 25.5 Å². The summed E-state index contributed by atoms with van der Waals surface area (Å²) >= 11 is 0. The summed E-state index contributed by atoms with van der Waals surface area (Å²) in [6, 6.07) is 7.82. The van der Waals surface area contributed by atoms with E-state index >= 15 is 0 Å². The fraction of sp³-hybridized carbons (Fsp3) is 0.333. The molecule has 1 rings (SSSR count). The number of benzene rings is 1. The molecule has 0 aromatic heterocycles. The van der Waals surface area contributed by atoms with Crippen molar-refractivity contribution in [3.05, 3.63) is 29.8 Å². The Balaban J connectivity index is 2.67. The van der Waals surface area contributed by atoms with E-state index < -0.39 is 0 Å². The highest BCUT2D eigenvalue weighted by Crippen LogP contribution is 2.17. The first-order valence-corrected chi connectivity index (χ1v) is 4.62. The zero-order chi connectivity index (χ0) is 10.4. The van der Waals surface area contributed by atoms with Gasteiger partial charge in [0.15, 0.2) is 0 Å². The molecule has 0 spiro atoms. The lowest BCUT2D eigenvalue weighted by Crippen LogP contribution is -2.05. The van der Waals surface area contributed by atoms with E-state index in [2.05, 4.69) is 11.8 Å². The molecule has 2 N–H and O–H groups in total. The molecule has 0 aliphatic carbocycles. The van der Waals surface area contributed by atoms with E-state index in [1.807, 2.05) is 31.2 Å². The van der Waals surface area contributed by atoms with E-state index in [-0.39, 0.29) is 6.04 Å². The predicted molar refractivity (Wildman–Crippen MR) is 58.0 cm³/mol. The summed E-state index contributed by atoms with van der Waals surface area (Å²) in [6.07, 6.45) is 0. The lowest BCUT2D eigenvalue weighted by molar-refractivity contribution is 0.369. The molecule has 14 heavy (non-hydrogen) atoms. The molecule has 1 aromatic rings. The van der Waals surface area contributed by atoms with Gasteiger partial charge in [-0.2, -0.15) is 0 Å². The molecule has 2 heteroatoms. The van der Waals surface area contributed by atoms with Crippen LogP contribution in [0.4, 0.5) is 0 Å². The quantitative estimate of drug-likeness (QED) is 0.739. The van der Waals surface area contributed by atoms with E-state index in [0.29, 0.717) is 6.61 Å². The largest absolute Gasteiger partial charge is 0.481 e. The first-order valence-electron chi connectivity index (χ1n) is 4.62. The maximum absolute atomic E-state index is 5.75. The third kappa shape index (κ3) is 3.12. The van der Waals surface area contributed by atoms with E-state index in [1.54, 1.807) is 6.92 Å². The van der Waals surface area contributed by atoms with Gasteiger partial charge in [0.2, 0.25) is 0 Å². The molecule has 0 saturated heterocycles. The second kappa shape index (κ2) is 5.31. The Labute approximate surface area is 85.1 Å². The molecule has 74 valence electrons. The second-order valence-corrected chi connectivity index (χ2v) is 3.08. The average Bonchev–Trinajstić information content (AvgIpc) is 2.19. The van der Waals surface area contributed by atoms with Crippen molar-refractivity contribution in [2.75, 3.05) is 6.61 Å². The van der Waals surface area contributed by atoms with Gasteiger partial charge in [-0.3, -0.25) is 0 Å². The van der Waals surface area contributed by atoms with Crippen molar-refractivity contribution in [2.45, 2.75) is 19.9 Å². The van der Waals surface area contributed by atoms with Crippen LogP contribution < -0.4 is 10.5 Å². The molecule has 0 fully saturated rings. The summed E-state index contributed by atoms with van der Waals surface area (Å²) < 4.78 is 5.41. The van der Waals surface area contributed by atoms with E-state index in [1.165, 1.54) is 0 Å². The van der Waals surface area contributed by atoms with Crippen molar-refractivity contribution in [3.8, 4) is 17.6 Å². The summed E-state index contributed by atoms with van der Waals surface area (Å²) in [5.74, 6) is 6.44. The Hall–Kier alpha value is -1.46. The molecule has 0 aliphatic heterocycles. The highest BCUT2D eigenvalue weighted by Gasteiger charge is 2.00. The van der Waals surface area contributed by atoms with Crippen LogP contribution >= 0.6 is 0 Å². The summed E-state index contributed by atoms with van der Waals surface area (Å²) in [5, 5.41) is 0. The van der Waals surface area contributed by atoms with Crippen LogP contribution in [0.5, 0.6) is 5.75 Å². The Morgan fingerprint density at radius 3 is 2.93 bits per heavy atom. The first kappa shape index (κ1) is 10.6. The van der Waals surface area contributed by atoms with Crippen molar-refractivity contribution in [3.63, 3.8) is 0 Å². The third-order valence-electron chi connectivity index (χ3n) is 1.87.